The zero-order valence-corrected chi connectivity index (χ0v) is 10.7. The van der Waals surface area contributed by atoms with Gasteiger partial charge in [-0.2, -0.15) is 11.3 Å². The van der Waals surface area contributed by atoms with Crippen LogP contribution in [0.25, 0.3) is 0 Å². The van der Waals surface area contributed by atoms with Crippen molar-refractivity contribution < 1.29 is 9.47 Å². The molecular formula is C13H15NO2S. The van der Waals surface area contributed by atoms with Crippen LogP contribution in [0.4, 0.5) is 0 Å². The van der Waals surface area contributed by atoms with Crippen molar-refractivity contribution in [1.29, 1.82) is 0 Å². The summed E-state index contributed by atoms with van der Waals surface area (Å²) in [5.41, 5.74) is 8.29. The average Bonchev–Trinajstić information content (AvgIpc) is 2.91. The van der Waals surface area contributed by atoms with Crippen molar-refractivity contribution >= 4 is 11.3 Å². The molecule has 0 aliphatic rings. The molecule has 0 amide bonds. The highest BCUT2D eigenvalue weighted by atomic mass is 32.1. The molecule has 0 aliphatic carbocycles. The van der Waals surface area contributed by atoms with Crippen molar-refractivity contribution in [2.24, 2.45) is 5.73 Å². The Morgan fingerprint density at radius 2 is 1.71 bits per heavy atom. The minimum atomic E-state index is -0.148. The molecule has 2 aromatic rings. The van der Waals surface area contributed by atoms with E-state index < -0.39 is 0 Å². The van der Waals surface area contributed by atoms with Gasteiger partial charge in [0.05, 0.1) is 20.3 Å². The molecule has 1 atom stereocenters. The first-order valence-corrected chi connectivity index (χ1v) is 6.19. The molecule has 17 heavy (non-hydrogen) atoms. The summed E-state index contributed by atoms with van der Waals surface area (Å²) in [5.74, 6) is 1.51. The van der Waals surface area contributed by atoms with Crippen LogP contribution >= 0.6 is 11.3 Å². The Hall–Kier alpha value is -1.52. The SMILES string of the molecule is COc1cc(OC)cc([C@@H](N)c2ccsc2)c1. The first kappa shape index (κ1) is 12.0. The van der Waals surface area contributed by atoms with Crippen LogP contribution in [0.3, 0.4) is 0 Å². The maximum atomic E-state index is 6.20. The van der Waals surface area contributed by atoms with Crippen LogP contribution in [0, 0.1) is 0 Å². The van der Waals surface area contributed by atoms with Crippen molar-refractivity contribution in [2.75, 3.05) is 14.2 Å². The highest BCUT2D eigenvalue weighted by Gasteiger charge is 2.12. The Bertz CT molecular complexity index is 460. The maximum absolute atomic E-state index is 6.20. The molecule has 90 valence electrons. The van der Waals surface area contributed by atoms with E-state index in [4.69, 9.17) is 15.2 Å². The van der Waals surface area contributed by atoms with E-state index in [0.717, 1.165) is 22.6 Å². The topological polar surface area (TPSA) is 44.5 Å². The van der Waals surface area contributed by atoms with Crippen molar-refractivity contribution in [3.05, 3.63) is 46.2 Å². The lowest BCUT2D eigenvalue weighted by Gasteiger charge is -2.13. The molecule has 0 saturated heterocycles. The normalized spacial score (nSPS) is 12.2. The first-order chi connectivity index (χ1) is 8.24. The second-order valence-electron chi connectivity index (χ2n) is 3.68. The van der Waals surface area contributed by atoms with E-state index in [1.165, 1.54) is 0 Å². The molecule has 1 aromatic carbocycles. The van der Waals surface area contributed by atoms with Gasteiger partial charge in [0.1, 0.15) is 11.5 Å². The van der Waals surface area contributed by atoms with Crippen LogP contribution in [0.15, 0.2) is 35.0 Å². The van der Waals surface area contributed by atoms with Crippen LogP contribution in [0.1, 0.15) is 17.2 Å². The minimum Gasteiger partial charge on any atom is -0.497 e. The van der Waals surface area contributed by atoms with Gasteiger partial charge in [0.25, 0.3) is 0 Å². The highest BCUT2D eigenvalue weighted by molar-refractivity contribution is 7.08. The Labute approximate surface area is 105 Å². The van der Waals surface area contributed by atoms with E-state index in [1.807, 2.05) is 29.6 Å². The Morgan fingerprint density at radius 1 is 1.06 bits per heavy atom. The van der Waals surface area contributed by atoms with Crippen LogP contribution in [-0.2, 0) is 0 Å². The van der Waals surface area contributed by atoms with Gasteiger partial charge in [-0.3, -0.25) is 0 Å². The fourth-order valence-corrected chi connectivity index (χ4v) is 2.35. The number of hydrogen-bond acceptors (Lipinski definition) is 4. The van der Waals surface area contributed by atoms with E-state index in [2.05, 4.69) is 5.38 Å². The van der Waals surface area contributed by atoms with Crippen molar-refractivity contribution in [2.45, 2.75) is 6.04 Å². The summed E-state index contributed by atoms with van der Waals surface area (Å²) in [5, 5.41) is 4.07. The molecule has 0 fully saturated rings. The van der Waals surface area contributed by atoms with Gasteiger partial charge in [-0.25, -0.2) is 0 Å². The number of rotatable bonds is 4. The lowest BCUT2D eigenvalue weighted by atomic mass is 10.0. The molecular weight excluding hydrogens is 234 g/mol. The van der Waals surface area contributed by atoms with Gasteiger partial charge in [-0.1, -0.05) is 0 Å². The zero-order valence-electron chi connectivity index (χ0n) is 9.84. The molecule has 0 radical (unpaired) electrons. The molecule has 0 saturated carbocycles. The summed E-state index contributed by atoms with van der Waals surface area (Å²) in [6.07, 6.45) is 0. The molecule has 2 N–H and O–H groups in total. The summed E-state index contributed by atoms with van der Waals surface area (Å²) in [6, 6.07) is 7.59. The third-order valence-corrected chi connectivity index (χ3v) is 3.34. The molecule has 0 aliphatic heterocycles. The van der Waals surface area contributed by atoms with E-state index in [9.17, 15) is 0 Å². The molecule has 0 bridgehead atoms. The third kappa shape index (κ3) is 2.60. The van der Waals surface area contributed by atoms with E-state index >= 15 is 0 Å². The summed E-state index contributed by atoms with van der Waals surface area (Å²) in [7, 11) is 3.27. The number of nitrogens with two attached hydrogens (primary N) is 1. The smallest absolute Gasteiger partial charge is 0.122 e. The maximum Gasteiger partial charge on any atom is 0.122 e. The number of methoxy groups -OCH3 is 2. The van der Waals surface area contributed by atoms with E-state index in [0.29, 0.717) is 0 Å². The van der Waals surface area contributed by atoms with E-state index in [1.54, 1.807) is 25.6 Å². The van der Waals surface area contributed by atoms with Crippen LogP contribution in [0.5, 0.6) is 11.5 Å². The quantitative estimate of drug-likeness (QED) is 0.906. The number of benzene rings is 1. The molecule has 0 unspecified atom stereocenters. The fraction of sp³-hybridized carbons (Fsp3) is 0.231. The predicted molar refractivity (Wildman–Crippen MR) is 69.9 cm³/mol. The van der Waals surface area contributed by atoms with Crippen molar-refractivity contribution in [1.82, 2.24) is 0 Å². The van der Waals surface area contributed by atoms with E-state index in [-0.39, 0.29) is 6.04 Å². The van der Waals surface area contributed by atoms with Crippen molar-refractivity contribution in [3.63, 3.8) is 0 Å². The van der Waals surface area contributed by atoms with Crippen LogP contribution in [0.2, 0.25) is 0 Å². The predicted octanol–water partition coefficient (Wildman–Crippen LogP) is 2.81. The summed E-state index contributed by atoms with van der Waals surface area (Å²) >= 11 is 1.64. The van der Waals surface area contributed by atoms with Gasteiger partial charge >= 0.3 is 0 Å². The number of hydrogen-bond donors (Lipinski definition) is 1. The summed E-state index contributed by atoms with van der Waals surface area (Å²) < 4.78 is 10.5. The monoisotopic (exact) mass is 249 g/mol. The van der Waals surface area contributed by atoms with Crippen LogP contribution in [-0.4, -0.2) is 14.2 Å². The minimum absolute atomic E-state index is 0.148. The lowest BCUT2D eigenvalue weighted by molar-refractivity contribution is 0.393. The molecule has 1 heterocycles. The second kappa shape index (κ2) is 5.21. The zero-order chi connectivity index (χ0) is 12.3. The third-order valence-electron chi connectivity index (χ3n) is 2.64. The van der Waals surface area contributed by atoms with Crippen LogP contribution < -0.4 is 15.2 Å². The van der Waals surface area contributed by atoms with Gasteiger partial charge in [0.2, 0.25) is 0 Å². The standard InChI is InChI=1S/C13H15NO2S/c1-15-11-5-10(6-12(7-11)16-2)13(14)9-3-4-17-8-9/h3-8,13H,14H2,1-2H3/t13-/m0/s1. The summed E-state index contributed by atoms with van der Waals surface area (Å²) in [4.78, 5) is 0. The number of ether oxygens (including phenoxy) is 2. The van der Waals surface area contributed by atoms with Gasteiger partial charge in [-0.05, 0) is 40.1 Å². The van der Waals surface area contributed by atoms with Gasteiger partial charge in [0, 0.05) is 6.07 Å². The Morgan fingerprint density at radius 3 is 2.18 bits per heavy atom. The van der Waals surface area contributed by atoms with Gasteiger partial charge in [0.15, 0.2) is 0 Å². The van der Waals surface area contributed by atoms with Gasteiger partial charge in [-0.15, -0.1) is 0 Å². The second-order valence-corrected chi connectivity index (χ2v) is 4.46. The lowest BCUT2D eigenvalue weighted by Crippen LogP contribution is -2.11. The first-order valence-electron chi connectivity index (χ1n) is 5.25. The molecule has 3 nitrogen and oxygen atoms in total. The molecule has 0 spiro atoms. The molecule has 4 heteroatoms. The largest absolute Gasteiger partial charge is 0.497 e. The van der Waals surface area contributed by atoms with Crippen molar-refractivity contribution in [3.8, 4) is 11.5 Å². The highest BCUT2D eigenvalue weighted by Crippen LogP contribution is 2.29. The Balaban J connectivity index is 2.37. The Kier molecular flexibility index (Phi) is 3.66. The van der Waals surface area contributed by atoms with Gasteiger partial charge < -0.3 is 15.2 Å². The average molecular weight is 249 g/mol. The fourth-order valence-electron chi connectivity index (χ4n) is 1.65. The summed E-state index contributed by atoms with van der Waals surface area (Å²) in [6.45, 7) is 0. The molecule has 1 aromatic heterocycles. The molecule has 2 rings (SSSR count). The number of thiophene rings is 1.